The van der Waals surface area contributed by atoms with Gasteiger partial charge in [-0.25, -0.2) is 0 Å². The highest BCUT2D eigenvalue weighted by Gasteiger charge is 2.58. The molecule has 0 heterocycles. The van der Waals surface area contributed by atoms with Gasteiger partial charge in [-0.2, -0.15) is 0 Å². The standard InChI is InChI=1S/C17H25NO/c1-12(2)18(13(3)4)16(19)17(5)11-15(17)14-9-7-6-8-10-14/h6-10,12-13,15H,11H2,1-5H3/t15-,17+/m1/s1. The number of rotatable bonds is 4. The quantitative estimate of drug-likeness (QED) is 0.805. The molecule has 0 aromatic heterocycles. The average molecular weight is 259 g/mol. The van der Waals surface area contributed by atoms with Gasteiger partial charge < -0.3 is 4.90 Å². The third-order valence-corrected chi connectivity index (χ3v) is 4.27. The predicted molar refractivity (Wildman–Crippen MR) is 79.0 cm³/mol. The Morgan fingerprint density at radius 3 is 2.16 bits per heavy atom. The fourth-order valence-corrected chi connectivity index (χ4v) is 3.13. The fourth-order valence-electron chi connectivity index (χ4n) is 3.13. The van der Waals surface area contributed by atoms with Gasteiger partial charge in [0.15, 0.2) is 0 Å². The molecule has 2 atom stereocenters. The first-order valence-electron chi connectivity index (χ1n) is 7.25. The van der Waals surface area contributed by atoms with Crippen molar-refractivity contribution in [2.45, 2.75) is 59.0 Å². The molecule has 2 nitrogen and oxygen atoms in total. The van der Waals surface area contributed by atoms with Crippen molar-refractivity contribution in [2.75, 3.05) is 0 Å². The van der Waals surface area contributed by atoms with Crippen LogP contribution in [0.5, 0.6) is 0 Å². The first-order chi connectivity index (χ1) is 8.88. The zero-order valence-corrected chi connectivity index (χ0v) is 12.7. The maximum atomic E-state index is 12.8. The second-order valence-electron chi connectivity index (χ2n) is 6.48. The first-order valence-corrected chi connectivity index (χ1v) is 7.25. The van der Waals surface area contributed by atoms with Gasteiger partial charge in [-0.05, 0) is 45.6 Å². The highest BCUT2D eigenvalue weighted by molar-refractivity contribution is 5.87. The zero-order chi connectivity index (χ0) is 14.2. The van der Waals surface area contributed by atoms with Crippen molar-refractivity contribution >= 4 is 5.91 Å². The number of carbonyl (C=O) groups excluding carboxylic acids is 1. The third-order valence-electron chi connectivity index (χ3n) is 4.27. The van der Waals surface area contributed by atoms with Gasteiger partial charge in [-0.15, -0.1) is 0 Å². The Labute approximate surface area is 116 Å². The molecular formula is C17H25NO. The molecule has 1 aromatic rings. The minimum atomic E-state index is -0.199. The molecule has 19 heavy (non-hydrogen) atoms. The summed E-state index contributed by atoms with van der Waals surface area (Å²) in [5.41, 5.74) is 1.10. The lowest BCUT2D eigenvalue weighted by Gasteiger charge is -2.33. The monoisotopic (exact) mass is 259 g/mol. The Morgan fingerprint density at radius 2 is 1.68 bits per heavy atom. The summed E-state index contributed by atoms with van der Waals surface area (Å²) in [6.07, 6.45) is 0.978. The van der Waals surface area contributed by atoms with E-state index in [4.69, 9.17) is 0 Å². The van der Waals surface area contributed by atoms with Gasteiger partial charge in [0, 0.05) is 12.1 Å². The molecule has 0 spiro atoms. The molecule has 1 saturated carbocycles. The minimum Gasteiger partial charge on any atom is -0.337 e. The van der Waals surface area contributed by atoms with Crippen LogP contribution in [0.4, 0.5) is 0 Å². The lowest BCUT2D eigenvalue weighted by molar-refractivity contribution is -0.140. The van der Waals surface area contributed by atoms with Crippen molar-refractivity contribution in [3.8, 4) is 0 Å². The van der Waals surface area contributed by atoms with Crippen LogP contribution in [-0.4, -0.2) is 22.9 Å². The predicted octanol–water partition coefficient (Wildman–Crippen LogP) is 3.83. The Bertz CT molecular complexity index is 444. The highest BCUT2D eigenvalue weighted by Crippen LogP contribution is 2.60. The average Bonchev–Trinajstić information content (AvgIpc) is 3.03. The first kappa shape index (κ1) is 14.1. The lowest BCUT2D eigenvalue weighted by atomic mass is 9.98. The van der Waals surface area contributed by atoms with Crippen LogP contribution in [0.3, 0.4) is 0 Å². The summed E-state index contributed by atoms with van der Waals surface area (Å²) >= 11 is 0. The number of carbonyl (C=O) groups is 1. The molecule has 0 radical (unpaired) electrons. The van der Waals surface area contributed by atoms with Crippen molar-refractivity contribution in [1.29, 1.82) is 0 Å². The van der Waals surface area contributed by atoms with Crippen LogP contribution >= 0.6 is 0 Å². The van der Waals surface area contributed by atoms with E-state index in [0.717, 1.165) is 6.42 Å². The van der Waals surface area contributed by atoms with Crippen molar-refractivity contribution in [3.63, 3.8) is 0 Å². The molecule has 2 rings (SSSR count). The van der Waals surface area contributed by atoms with Gasteiger partial charge in [-0.1, -0.05) is 37.3 Å². The number of amides is 1. The molecule has 1 aliphatic rings. The summed E-state index contributed by atoms with van der Waals surface area (Å²) in [5.74, 6) is 0.701. The van der Waals surface area contributed by atoms with Crippen LogP contribution in [-0.2, 0) is 4.79 Å². The summed E-state index contributed by atoms with van der Waals surface area (Å²) in [7, 11) is 0. The lowest BCUT2D eigenvalue weighted by Crippen LogP contribution is -2.45. The largest absolute Gasteiger partial charge is 0.337 e. The summed E-state index contributed by atoms with van der Waals surface area (Å²) in [4.78, 5) is 14.9. The molecule has 1 aromatic carbocycles. The van der Waals surface area contributed by atoms with E-state index in [9.17, 15) is 4.79 Å². The van der Waals surface area contributed by atoms with Crippen molar-refractivity contribution in [2.24, 2.45) is 5.41 Å². The summed E-state index contributed by atoms with van der Waals surface area (Å²) < 4.78 is 0. The summed E-state index contributed by atoms with van der Waals surface area (Å²) in [6, 6.07) is 10.9. The van der Waals surface area contributed by atoms with Gasteiger partial charge in [0.05, 0.1) is 5.41 Å². The van der Waals surface area contributed by atoms with Gasteiger partial charge in [-0.3, -0.25) is 4.79 Å². The van der Waals surface area contributed by atoms with E-state index >= 15 is 0 Å². The molecule has 0 aliphatic heterocycles. The van der Waals surface area contributed by atoms with Gasteiger partial charge >= 0.3 is 0 Å². The third kappa shape index (κ3) is 2.54. The number of hydrogen-bond acceptors (Lipinski definition) is 1. The SMILES string of the molecule is CC(C)N(C(=O)[C@@]1(C)C[C@@H]1c1ccccc1)C(C)C. The number of nitrogens with zero attached hydrogens (tertiary/aromatic N) is 1. The molecule has 1 aliphatic carbocycles. The Balaban J connectivity index is 2.17. The zero-order valence-electron chi connectivity index (χ0n) is 12.7. The highest BCUT2D eigenvalue weighted by atomic mass is 16.2. The fraction of sp³-hybridized carbons (Fsp3) is 0.588. The van der Waals surface area contributed by atoms with Crippen LogP contribution in [0.1, 0.15) is 52.5 Å². The second-order valence-corrected chi connectivity index (χ2v) is 6.48. The van der Waals surface area contributed by atoms with E-state index in [2.05, 4.69) is 58.9 Å². The molecule has 0 bridgehead atoms. The normalized spacial score (nSPS) is 25.7. The molecule has 1 amide bonds. The van der Waals surface area contributed by atoms with E-state index in [-0.39, 0.29) is 17.5 Å². The number of hydrogen-bond donors (Lipinski definition) is 0. The maximum absolute atomic E-state index is 12.8. The van der Waals surface area contributed by atoms with E-state index in [1.165, 1.54) is 5.56 Å². The molecule has 104 valence electrons. The Kier molecular flexibility index (Phi) is 3.71. The van der Waals surface area contributed by atoms with Crippen molar-refractivity contribution < 1.29 is 4.79 Å². The molecule has 0 unspecified atom stereocenters. The van der Waals surface area contributed by atoms with Crippen LogP contribution in [0.2, 0.25) is 0 Å². The molecular weight excluding hydrogens is 234 g/mol. The molecule has 1 fully saturated rings. The Morgan fingerprint density at radius 1 is 1.16 bits per heavy atom. The molecule has 2 heteroatoms. The van der Waals surface area contributed by atoms with Crippen molar-refractivity contribution in [1.82, 2.24) is 4.90 Å². The van der Waals surface area contributed by atoms with E-state index in [0.29, 0.717) is 11.8 Å². The smallest absolute Gasteiger partial charge is 0.229 e. The Hall–Kier alpha value is -1.31. The van der Waals surface area contributed by atoms with Crippen molar-refractivity contribution in [3.05, 3.63) is 35.9 Å². The van der Waals surface area contributed by atoms with E-state index in [1.54, 1.807) is 0 Å². The summed E-state index contributed by atoms with van der Waals surface area (Å²) in [5, 5.41) is 0. The molecule has 0 N–H and O–H groups in total. The number of benzene rings is 1. The topological polar surface area (TPSA) is 20.3 Å². The molecule has 0 saturated heterocycles. The van der Waals surface area contributed by atoms with Gasteiger partial charge in [0.1, 0.15) is 0 Å². The maximum Gasteiger partial charge on any atom is 0.229 e. The van der Waals surface area contributed by atoms with Crippen LogP contribution < -0.4 is 0 Å². The van der Waals surface area contributed by atoms with Crippen LogP contribution in [0.15, 0.2) is 30.3 Å². The van der Waals surface area contributed by atoms with Crippen LogP contribution in [0, 0.1) is 5.41 Å². The van der Waals surface area contributed by atoms with E-state index < -0.39 is 0 Å². The van der Waals surface area contributed by atoms with Gasteiger partial charge in [0.25, 0.3) is 0 Å². The van der Waals surface area contributed by atoms with Gasteiger partial charge in [0.2, 0.25) is 5.91 Å². The summed E-state index contributed by atoms with van der Waals surface area (Å²) in [6.45, 7) is 10.5. The second kappa shape index (κ2) is 4.99. The minimum absolute atomic E-state index is 0.199. The van der Waals surface area contributed by atoms with Crippen LogP contribution in [0.25, 0.3) is 0 Å². The van der Waals surface area contributed by atoms with E-state index in [1.807, 2.05) is 11.0 Å².